The van der Waals surface area contributed by atoms with Crippen LogP contribution in [0.4, 0.5) is 4.39 Å². The zero-order chi connectivity index (χ0) is 22.8. The standard InChI is InChI=1S/C24H23FN6O2/c1-32-19-8-2-16(3-9-19)11-13-31(26)23-27-12-10-20(28-23)22-21(17-4-6-18(25)7-5-17)29-24-30(22)14-15-33-24/h2-10,14-15H,11-13,26H2,1H3,(H,27,28). The smallest absolute Gasteiger partial charge is 0.306 e. The van der Waals surface area contributed by atoms with Gasteiger partial charge >= 0.3 is 5.84 Å². The highest BCUT2D eigenvalue weighted by Crippen LogP contribution is 2.31. The Balaban J connectivity index is 1.41. The fraction of sp³-hybridized carbons (Fsp3) is 0.167. The molecule has 0 saturated heterocycles. The highest BCUT2D eigenvalue weighted by molar-refractivity contribution is 5.90. The van der Waals surface area contributed by atoms with E-state index in [-0.39, 0.29) is 5.82 Å². The number of fused-ring (bicyclic) bond motifs is 1. The summed E-state index contributed by atoms with van der Waals surface area (Å²) in [5.41, 5.74) is 4.04. The molecule has 5 rings (SSSR count). The molecular formula is C24H23FN6O2. The van der Waals surface area contributed by atoms with Crippen molar-refractivity contribution in [2.75, 3.05) is 20.2 Å². The van der Waals surface area contributed by atoms with Crippen LogP contribution in [-0.2, 0) is 6.42 Å². The first kappa shape index (κ1) is 20.8. The van der Waals surface area contributed by atoms with Crippen LogP contribution in [0.1, 0.15) is 11.3 Å². The summed E-state index contributed by atoms with van der Waals surface area (Å²) in [5, 5.41) is 4.83. The minimum Gasteiger partial charge on any atom is -0.497 e. The van der Waals surface area contributed by atoms with Crippen LogP contribution in [-0.4, -0.2) is 40.6 Å². The van der Waals surface area contributed by atoms with Crippen molar-refractivity contribution in [1.82, 2.24) is 19.7 Å². The number of rotatable bonds is 6. The molecule has 1 aliphatic heterocycles. The summed E-state index contributed by atoms with van der Waals surface area (Å²) in [5.74, 6) is 7.84. The van der Waals surface area contributed by atoms with Crippen molar-refractivity contribution in [3.05, 3.63) is 84.1 Å². The van der Waals surface area contributed by atoms with Crippen LogP contribution in [0.2, 0.25) is 0 Å². The van der Waals surface area contributed by atoms with Crippen molar-refractivity contribution < 1.29 is 13.5 Å². The number of aromatic nitrogens is 2. The Morgan fingerprint density at radius 3 is 2.73 bits per heavy atom. The molecule has 0 saturated carbocycles. The normalized spacial score (nSPS) is 13.4. The molecule has 0 amide bonds. The molecular weight excluding hydrogens is 423 g/mol. The Morgan fingerprint density at radius 1 is 1.18 bits per heavy atom. The van der Waals surface area contributed by atoms with Gasteiger partial charge in [0.1, 0.15) is 29.2 Å². The van der Waals surface area contributed by atoms with E-state index in [0.717, 1.165) is 29.0 Å². The number of imidazole rings is 1. The molecule has 0 unspecified atom stereocenters. The maximum absolute atomic E-state index is 13.5. The minimum absolute atomic E-state index is 0.305. The quantitative estimate of drug-likeness (QED) is 0.348. The van der Waals surface area contributed by atoms with Crippen molar-refractivity contribution in [2.45, 2.75) is 6.42 Å². The Morgan fingerprint density at radius 2 is 1.97 bits per heavy atom. The number of oxazole rings is 1. The van der Waals surface area contributed by atoms with E-state index in [1.165, 1.54) is 12.1 Å². The third-order valence-corrected chi connectivity index (χ3v) is 5.48. The SMILES string of the molecule is COc1ccc(CCN(N)C2=NC(c3c(-c4ccc(F)cc4)nc4occn34)=CCN2)cc1. The van der Waals surface area contributed by atoms with Gasteiger partial charge in [0.05, 0.1) is 12.8 Å². The lowest BCUT2D eigenvalue weighted by Gasteiger charge is -2.24. The summed E-state index contributed by atoms with van der Waals surface area (Å²) in [7, 11) is 1.65. The van der Waals surface area contributed by atoms with Crippen molar-refractivity contribution in [3.63, 3.8) is 0 Å². The van der Waals surface area contributed by atoms with Crippen molar-refractivity contribution >= 4 is 17.5 Å². The second-order valence-electron chi connectivity index (χ2n) is 7.57. The monoisotopic (exact) mass is 446 g/mol. The van der Waals surface area contributed by atoms with Gasteiger partial charge in [0.25, 0.3) is 0 Å². The Labute approximate surface area is 189 Å². The number of guanidine groups is 1. The van der Waals surface area contributed by atoms with Gasteiger partial charge in [-0.05, 0) is 54.5 Å². The van der Waals surface area contributed by atoms with E-state index in [1.54, 1.807) is 36.7 Å². The summed E-state index contributed by atoms with van der Waals surface area (Å²) in [6.07, 6.45) is 6.06. The van der Waals surface area contributed by atoms with Gasteiger partial charge in [0.15, 0.2) is 0 Å². The lowest BCUT2D eigenvalue weighted by Crippen LogP contribution is -2.47. The first-order valence-electron chi connectivity index (χ1n) is 10.5. The van der Waals surface area contributed by atoms with E-state index in [1.807, 2.05) is 34.7 Å². The maximum atomic E-state index is 13.5. The minimum atomic E-state index is -0.305. The number of halogens is 1. The lowest BCUT2D eigenvalue weighted by atomic mass is 10.1. The second-order valence-corrected chi connectivity index (χ2v) is 7.57. The first-order valence-corrected chi connectivity index (χ1v) is 10.5. The zero-order valence-corrected chi connectivity index (χ0v) is 18.0. The molecule has 3 N–H and O–H groups in total. The van der Waals surface area contributed by atoms with Gasteiger partial charge in [-0.25, -0.2) is 15.2 Å². The van der Waals surface area contributed by atoms with E-state index in [0.29, 0.717) is 36.3 Å². The Bertz CT molecular complexity index is 1320. The molecule has 2 aromatic heterocycles. The average molecular weight is 446 g/mol. The zero-order valence-electron chi connectivity index (χ0n) is 18.0. The lowest BCUT2D eigenvalue weighted by molar-refractivity contribution is 0.413. The van der Waals surface area contributed by atoms with Crippen LogP contribution in [0.15, 0.2) is 76.5 Å². The van der Waals surface area contributed by atoms with Crippen LogP contribution >= 0.6 is 0 Å². The van der Waals surface area contributed by atoms with Gasteiger partial charge in [-0.3, -0.25) is 9.41 Å². The van der Waals surface area contributed by atoms with Gasteiger partial charge in [-0.1, -0.05) is 12.1 Å². The number of hydrazine groups is 1. The van der Waals surface area contributed by atoms with Crippen LogP contribution in [0.3, 0.4) is 0 Å². The van der Waals surface area contributed by atoms with Crippen LogP contribution in [0.25, 0.3) is 22.8 Å². The largest absolute Gasteiger partial charge is 0.497 e. The van der Waals surface area contributed by atoms with E-state index < -0.39 is 0 Å². The molecule has 33 heavy (non-hydrogen) atoms. The summed E-state index contributed by atoms with van der Waals surface area (Å²) >= 11 is 0. The molecule has 0 atom stereocenters. The number of hydrogen-bond acceptors (Lipinski definition) is 7. The van der Waals surface area contributed by atoms with Gasteiger partial charge in [-0.2, -0.15) is 4.98 Å². The van der Waals surface area contributed by atoms with Crippen molar-refractivity contribution in [1.29, 1.82) is 0 Å². The number of hydrogen-bond donors (Lipinski definition) is 2. The van der Waals surface area contributed by atoms with Gasteiger partial charge in [0, 0.05) is 24.8 Å². The highest BCUT2D eigenvalue weighted by Gasteiger charge is 2.22. The Kier molecular flexibility index (Phi) is 5.54. The first-order chi connectivity index (χ1) is 16.1. The molecule has 1 aliphatic rings. The molecule has 0 bridgehead atoms. The number of benzene rings is 2. The molecule has 0 fully saturated rings. The van der Waals surface area contributed by atoms with Crippen LogP contribution in [0.5, 0.6) is 5.75 Å². The topological polar surface area (TPSA) is 93.3 Å². The van der Waals surface area contributed by atoms with Crippen LogP contribution in [0, 0.1) is 5.82 Å². The molecule has 0 spiro atoms. The summed E-state index contributed by atoms with van der Waals surface area (Å²) in [4.78, 5) is 9.36. The van der Waals surface area contributed by atoms with Gasteiger partial charge in [-0.15, -0.1) is 0 Å². The van der Waals surface area contributed by atoms with Gasteiger partial charge < -0.3 is 14.5 Å². The predicted molar refractivity (Wildman–Crippen MR) is 124 cm³/mol. The molecule has 168 valence electrons. The summed E-state index contributed by atoms with van der Waals surface area (Å²) in [6.45, 7) is 1.13. The number of nitrogens with one attached hydrogen (secondary N) is 1. The van der Waals surface area contributed by atoms with Crippen LogP contribution < -0.4 is 15.9 Å². The molecule has 9 heteroatoms. The van der Waals surface area contributed by atoms with Crippen molar-refractivity contribution in [2.24, 2.45) is 10.8 Å². The van der Waals surface area contributed by atoms with Gasteiger partial charge in [0.2, 0.25) is 5.96 Å². The number of ether oxygens (including phenoxy) is 1. The summed E-state index contributed by atoms with van der Waals surface area (Å²) in [6, 6.07) is 14.1. The highest BCUT2D eigenvalue weighted by atomic mass is 19.1. The molecule has 0 aliphatic carbocycles. The fourth-order valence-corrected chi connectivity index (χ4v) is 3.74. The fourth-order valence-electron chi connectivity index (χ4n) is 3.74. The predicted octanol–water partition coefficient (Wildman–Crippen LogP) is 3.46. The van der Waals surface area contributed by atoms with E-state index in [9.17, 15) is 4.39 Å². The van der Waals surface area contributed by atoms with E-state index >= 15 is 0 Å². The number of nitrogens with zero attached hydrogens (tertiary/aromatic N) is 4. The Hall–Kier alpha value is -4.11. The molecule has 0 radical (unpaired) electrons. The summed E-state index contributed by atoms with van der Waals surface area (Å²) < 4.78 is 26.0. The average Bonchev–Trinajstić information content (AvgIpc) is 3.45. The molecule has 8 nitrogen and oxygen atoms in total. The number of methoxy groups -OCH3 is 1. The second kappa shape index (κ2) is 8.79. The number of nitrogens with two attached hydrogens (primary N) is 1. The van der Waals surface area contributed by atoms with Crippen molar-refractivity contribution in [3.8, 4) is 17.0 Å². The molecule has 3 heterocycles. The van der Waals surface area contributed by atoms with E-state index in [2.05, 4.69) is 10.3 Å². The molecule has 4 aromatic rings. The third kappa shape index (κ3) is 4.18. The molecule has 2 aromatic carbocycles. The third-order valence-electron chi connectivity index (χ3n) is 5.48. The maximum Gasteiger partial charge on any atom is 0.306 e. The number of aliphatic imine (C=N–C) groups is 1. The van der Waals surface area contributed by atoms with E-state index in [4.69, 9.17) is 20.0 Å².